The molecule has 2 N–H and O–H groups in total. The highest BCUT2D eigenvalue weighted by Crippen LogP contribution is 2.35. The summed E-state index contributed by atoms with van der Waals surface area (Å²) in [4.78, 5) is 8.74. The molecule has 1 fully saturated rings. The minimum Gasteiger partial charge on any atom is -0.487 e. The molecule has 1 aliphatic carbocycles. The first-order chi connectivity index (χ1) is 12.2. The van der Waals surface area contributed by atoms with Gasteiger partial charge in [-0.05, 0) is 49.2 Å². The quantitative estimate of drug-likeness (QED) is 0.731. The molecular formula is C19H21ClN4O2. The molecule has 0 spiro atoms. The fraction of sp³-hybridized carbons (Fsp3) is 0.316. The number of nitrogens with two attached hydrogens (primary N) is 1. The Kier molecular flexibility index (Phi) is 5.54. The lowest BCUT2D eigenvalue weighted by Crippen LogP contribution is -2.34. The zero-order valence-electron chi connectivity index (χ0n) is 14.3. The van der Waals surface area contributed by atoms with Gasteiger partial charge in [-0.1, -0.05) is 24.1 Å². The summed E-state index contributed by atoms with van der Waals surface area (Å²) < 4.78 is 11.1. The second kappa shape index (κ2) is 7.85. The highest BCUT2D eigenvalue weighted by Gasteiger charge is 2.36. The summed E-state index contributed by atoms with van der Waals surface area (Å²) in [5.74, 6) is 1.86. The summed E-state index contributed by atoms with van der Waals surface area (Å²) in [7, 11) is 0. The lowest BCUT2D eigenvalue weighted by molar-refractivity contribution is 0.301. The van der Waals surface area contributed by atoms with Crippen LogP contribution in [0.25, 0.3) is 11.5 Å². The van der Waals surface area contributed by atoms with Gasteiger partial charge in [-0.15, -0.1) is 12.4 Å². The molecule has 0 atom stereocenters. The van der Waals surface area contributed by atoms with Gasteiger partial charge in [0.25, 0.3) is 5.89 Å². The van der Waals surface area contributed by atoms with Crippen LogP contribution in [0.15, 0.2) is 53.2 Å². The van der Waals surface area contributed by atoms with Crippen LogP contribution >= 0.6 is 12.4 Å². The lowest BCUT2D eigenvalue weighted by atomic mass is 9.99. The number of aromatic nitrogens is 3. The zero-order chi connectivity index (χ0) is 17.1. The van der Waals surface area contributed by atoms with Crippen LogP contribution in [0.2, 0.25) is 0 Å². The summed E-state index contributed by atoms with van der Waals surface area (Å²) in [6.07, 6.45) is 5.80. The van der Waals surface area contributed by atoms with Crippen molar-refractivity contribution < 1.29 is 9.26 Å². The van der Waals surface area contributed by atoms with E-state index in [2.05, 4.69) is 15.1 Å². The minimum atomic E-state index is -0.437. The van der Waals surface area contributed by atoms with E-state index in [0.717, 1.165) is 42.7 Å². The van der Waals surface area contributed by atoms with Gasteiger partial charge in [0.2, 0.25) is 0 Å². The van der Waals surface area contributed by atoms with E-state index in [-0.39, 0.29) is 12.4 Å². The molecule has 26 heavy (non-hydrogen) atoms. The summed E-state index contributed by atoms with van der Waals surface area (Å²) >= 11 is 0. The van der Waals surface area contributed by atoms with Crippen LogP contribution in [0.1, 0.15) is 37.2 Å². The van der Waals surface area contributed by atoms with Gasteiger partial charge in [0.05, 0.1) is 11.2 Å². The number of rotatable bonds is 5. The maximum Gasteiger partial charge on any atom is 0.257 e. The third-order valence-electron chi connectivity index (χ3n) is 4.58. The molecule has 7 heteroatoms. The minimum absolute atomic E-state index is 0. The number of hydrogen-bond donors (Lipinski definition) is 1. The predicted octanol–water partition coefficient (Wildman–Crippen LogP) is 3.86. The van der Waals surface area contributed by atoms with Crippen LogP contribution in [-0.2, 0) is 12.1 Å². The van der Waals surface area contributed by atoms with Gasteiger partial charge in [-0.25, -0.2) is 0 Å². The van der Waals surface area contributed by atoms with Crippen molar-refractivity contribution in [3.8, 4) is 17.2 Å². The normalized spacial score (nSPS) is 15.4. The highest BCUT2D eigenvalue weighted by atomic mass is 35.5. The van der Waals surface area contributed by atoms with Crippen molar-refractivity contribution in [2.24, 2.45) is 5.73 Å². The van der Waals surface area contributed by atoms with Gasteiger partial charge in [0.1, 0.15) is 12.4 Å². The predicted molar refractivity (Wildman–Crippen MR) is 99.9 cm³/mol. The third kappa shape index (κ3) is 3.86. The van der Waals surface area contributed by atoms with E-state index in [9.17, 15) is 0 Å². The largest absolute Gasteiger partial charge is 0.487 e. The fourth-order valence-corrected chi connectivity index (χ4v) is 3.11. The molecule has 1 aromatic carbocycles. The molecule has 136 valence electrons. The Hall–Kier alpha value is -2.44. The molecule has 0 unspecified atom stereocenters. The van der Waals surface area contributed by atoms with Crippen LogP contribution in [0, 0.1) is 0 Å². The third-order valence-corrected chi connectivity index (χ3v) is 4.58. The molecule has 2 heterocycles. The van der Waals surface area contributed by atoms with Crippen molar-refractivity contribution in [2.75, 3.05) is 0 Å². The van der Waals surface area contributed by atoms with E-state index >= 15 is 0 Å². The van der Waals surface area contributed by atoms with Crippen molar-refractivity contribution in [1.29, 1.82) is 0 Å². The van der Waals surface area contributed by atoms with E-state index in [1.165, 1.54) is 0 Å². The number of halogens is 1. The van der Waals surface area contributed by atoms with E-state index in [1.807, 2.05) is 42.5 Å². The number of hydrogen-bond acceptors (Lipinski definition) is 6. The van der Waals surface area contributed by atoms with E-state index in [1.54, 1.807) is 6.20 Å². The van der Waals surface area contributed by atoms with Crippen molar-refractivity contribution in [3.63, 3.8) is 0 Å². The fourth-order valence-electron chi connectivity index (χ4n) is 3.11. The van der Waals surface area contributed by atoms with Gasteiger partial charge < -0.3 is 15.0 Å². The number of pyridine rings is 1. The average Bonchev–Trinajstić information content (AvgIpc) is 3.32. The second-order valence-electron chi connectivity index (χ2n) is 6.42. The highest BCUT2D eigenvalue weighted by molar-refractivity contribution is 5.85. The van der Waals surface area contributed by atoms with Crippen molar-refractivity contribution >= 4 is 12.4 Å². The molecule has 3 aromatic rings. The van der Waals surface area contributed by atoms with Gasteiger partial charge in [-0.3, -0.25) is 4.98 Å². The molecule has 6 nitrogen and oxygen atoms in total. The molecule has 0 amide bonds. The molecular weight excluding hydrogens is 352 g/mol. The monoisotopic (exact) mass is 372 g/mol. The summed E-state index contributed by atoms with van der Waals surface area (Å²) in [5, 5.41) is 4.09. The Labute approximate surface area is 158 Å². The molecule has 1 aliphatic rings. The number of ether oxygens (including phenoxy) is 1. The van der Waals surface area contributed by atoms with Crippen LogP contribution < -0.4 is 10.5 Å². The molecule has 2 aromatic heterocycles. The van der Waals surface area contributed by atoms with E-state index < -0.39 is 5.54 Å². The number of nitrogens with zero attached hydrogens (tertiary/aromatic N) is 3. The molecule has 4 rings (SSSR count). The Morgan fingerprint density at radius 1 is 1.08 bits per heavy atom. The van der Waals surface area contributed by atoms with E-state index in [4.69, 9.17) is 15.0 Å². The van der Waals surface area contributed by atoms with Crippen molar-refractivity contribution in [2.45, 2.75) is 37.8 Å². The van der Waals surface area contributed by atoms with Crippen LogP contribution in [-0.4, -0.2) is 15.1 Å². The summed E-state index contributed by atoms with van der Waals surface area (Å²) in [6.45, 7) is 0.431. The van der Waals surface area contributed by atoms with E-state index in [0.29, 0.717) is 18.3 Å². The molecule has 0 saturated heterocycles. The number of benzene rings is 1. The van der Waals surface area contributed by atoms with Crippen LogP contribution in [0.5, 0.6) is 5.75 Å². The average molecular weight is 373 g/mol. The van der Waals surface area contributed by atoms with Crippen LogP contribution in [0.4, 0.5) is 0 Å². The van der Waals surface area contributed by atoms with Crippen molar-refractivity contribution in [3.05, 3.63) is 60.2 Å². The molecule has 0 radical (unpaired) electrons. The molecule has 0 aliphatic heterocycles. The Bertz CT molecular complexity index is 830. The second-order valence-corrected chi connectivity index (χ2v) is 6.42. The maximum atomic E-state index is 6.38. The smallest absolute Gasteiger partial charge is 0.257 e. The Morgan fingerprint density at radius 3 is 2.54 bits per heavy atom. The van der Waals surface area contributed by atoms with Gasteiger partial charge in [-0.2, -0.15) is 4.98 Å². The van der Waals surface area contributed by atoms with Crippen molar-refractivity contribution in [1.82, 2.24) is 15.1 Å². The lowest BCUT2D eigenvalue weighted by Gasteiger charge is -2.17. The molecule has 1 saturated carbocycles. The van der Waals surface area contributed by atoms with Crippen LogP contribution in [0.3, 0.4) is 0 Å². The summed E-state index contributed by atoms with van der Waals surface area (Å²) in [5.41, 5.74) is 7.68. The Morgan fingerprint density at radius 2 is 1.85 bits per heavy atom. The van der Waals surface area contributed by atoms with Gasteiger partial charge in [0.15, 0.2) is 5.82 Å². The zero-order valence-corrected chi connectivity index (χ0v) is 15.1. The van der Waals surface area contributed by atoms with Gasteiger partial charge >= 0.3 is 0 Å². The SMILES string of the molecule is Cl.NC1(c2noc(-c3ccc(OCc4ccccn4)cc3)n2)CCCC1. The maximum absolute atomic E-state index is 6.38. The first kappa shape index (κ1) is 18.4. The first-order valence-corrected chi connectivity index (χ1v) is 8.49. The summed E-state index contributed by atoms with van der Waals surface area (Å²) in [6, 6.07) is 13.3. The standard InChI is InChI=1S/C19H20N4O2.ClH/c20-19(10-2-3-11-19)18-22-17(25-23-18)14-6-8-16(9-7-14)24-13-15-5-1-4-12-21-15;/h1,4-9,12H,2-3,10-11,13,20H2;1H. The van der Waals surface area contributed by atoms with Gasteiger partial charge in [0, 0.05) is 11.8 Å². The topological polar surface area (TPSA) is 87.1 Å². The Balaban J connectivity index is 0.00000196. The molecule has 0 bridgehead atoms. The first-order valence-electron chi connectivity index (χ1n) is 8.49.